The number of hydrogen-bond acceptors (Lipinski definition) is 8. The maximum absolute atomic E-state index is 13.2. The van der Waals surface area contributed by atoms with Crippen LogP contribution in [0.2, 0.25) is 0 Å². The van der Waals surface area contributed by atoms with E-state index in [4.69, 9.17) is 4.74 Å². The quantitative estimate of drug-likeness (QED) is 0.362. The molecule has 3 N–H and O–H groups in total. The lowest BCUT2D eigenvalue weighted by molar-refractivity contribution is -0.0828. The second kappa shape index (κ2) is 9.08. The fraction of sp³-hybridized carbons (Fsp3) is 0.320. The number of anilines is 3. The molecule has 4 aromatic heterocycles. The Labute approximate surface area is 207 Å². The smallest absolute Gasteiger partial charge is 0.278 e. The van der Waals surface area contributed by atoms with Crippen LogP contribution < -0.4 is 21.5 Å². The number of ether oxygens (including phenoxy) is 1. The van der Waals surface area contributed by atoms with E-state index in [2.05, 4.69) is 31.0 Å². The van der Waals surface area contributed by atoms with Crippen molar-refractivity contribution in [2.24, 2.45) is 0 Å². The molecule has 4 heterocycles. The fourth-order valence-corrected chi connectivity index (χ4v) is 4.30. The normalized spacial score (nSPS) is 19.1. The summed E-state index contributed by atoms with van der Waals surface area (Å²) in [4.78, 5) is 35.2. The molecule has 11 heteroatoms. The lowest BCUT2D eigenvalue weighted by Gasteiger charge is -2.45. The number of rotatable bonds is 7. The summed E-state index contributed by atoms with van der Waals surface area (Å²) in [7, 11) is 3.40. The Balaban J connectivity index is 1.48. The van der Waals surface area contributed by atoms with Gasteiger partial charge in [0.05, 0.1) is 29.7 Å². The summed E-state index contributed by atoms with van der Waals surface area (Å²) in [5.41, 5.74) is 1.90. The fourth-order valence-electron chi connectivity index (χ4n) is 4.30. The Morgan fingerprint density at radius 3 is 2.75 bits per heavy atom. The van der Waals surface area contributed by atoms with E-state index in [1.54, 1.807) is 49.3 Å². The first-order valence-corrected chi connectivity index (χ1v) is 11.7. The summed E-state index contributed by atoms with van der Waals surface area (Å²) >= 11 is 0. The summed E-state index contributed by atoms with van der Waals surface area (Å²) in [6.45, 7) is 3.87. The Morgan fingerprint density at radius 2 is 2.08 bits per heavy atom. The molecule has 2 atom stereocenters. The molecule has 0 radical (unpaired) electrons. The van der Waals surface area contributed by atoms with Gasteiger partial charge in [-0.2, -0.15) is 9.61 Å². The van der Waals surface area contributed by atoms with Gasteiger partial charge >= 0.3 is 0 Å². The molecule has 0 aliphatic heterocycles. The first kappa shape index (κ1) is 23.5. The first-order valence-electron chi connectivity index (χ1n) is 11.7. The SMILES string of the molecule is CNc1cc(Nc2cccn(-c3ccc(C)nc3)c2=O)nc2c(C(=O)NC3CC[C@]3(C)OC)cnn12. The monoisotopic (exact) mass is 488 g/mol. The number of pyridine rings is 2. The number of amides is 1. The number of fused-ring (bicyclic) bond motifs is 1. The Hall–Kier alpha value is -4.25. The predicted octanol–water partition coefficient (Wildman–Crippen LogP) is 2.67. The average Bonchev–Trinajstić information content (AvgIpc) is 3.31. The molecule has 0 aromatic carbocycles. The van der Waals surface area contributed by atoms with Gasteiger partial charge in [-0.3, -0.25) is 19.1 Å². The highest BCUT2D eigenvalue weighted by molar-refractivity contribution is 6.00. The molecule has 1 unspecified atom stereocenters. The minimum atomic E-state index is -0.380. The second-order valence-corrected chi connectivity index (χ2v) is 9.03. The van der Waals surface area contributed by atoms with E-state index >= 15 is 0 Å². The molecule has 4 aromatic rings. The van der Waals surface area contributed by atoms with Gasteiger partial charge in [-0.15, -0.1) is 0 Å². The summed E-state index contributed by atoms with van der Waals surface area (Å²) in [6.07, 6.45) is 6.55. The van der Waals surface area contributed by atoms with Crippen LogP contribution in [0.1, 0.15) is 35.8 Å². The van der Waals surface area contributed by atoms with Crippen LogP contribution in [0.25, 0.3) is 11.3 Å². The third kappa shape index (κ3) is 4.07. The van der Waals surface area contributed by atoms with Crippen LogP contribution in [0.15, 0.2) is 53.7 Å². The number of nitrogens with zero attached hydrogens (tertiary/aromatic N) is 5. The van der Waals surface area contributed by atoms with Crippen molar-refractivity contribution in [3.63, 3.8) is 0 Å². The molecule has 5 rings (SSSR count). The third-order valence-electron chi connectivity index (χ3n) is 6.79. The van der Waals surface area contributed by atoms with Gasteiger partial charge in [-0.1, -0.05) is 0 Å². The van der Waals surface area contributed by atoms with Crippen LogP contribution in [0.4, 0.5) is 17.3 Å². The lowest BCUT2D eigenvalue weighted by atomic mass is 9.76. The van der Waals surface area contributed by atoms with Gasteiger partial charge in [0.1, 0.15) is 22.9 Å². The van der Waals surface area contributed by atoms with Gasteiger partial charge in [0.2, 0.25) is 0 Å². The van der Waals surface area contributed by atoms with Gasteiger partial charge in [-0.25, -0.2) is 4.98 Å². The molecular formula is C25H28N8O3. The van der Waals surface area contributed by atoms with Crippen molar-refractivity contribution in [2.45, 2.75) is 38.3 Å². The third-order valence-corrected chi connectivity index (χ3v) is 6.79. The predicted molar refractivity (Wildman–Crippen MR) is 136 cm³/mol. The van der Waals surface area contributed by atoms with Crippen molar-refractivity contribution in [3.05, 3.63) is 70.5 Å². The topological polar surface area (TPSA) is 127 Å². The number of hydrogen-bond donors (Lipinski definition) is 3. The summed E-state index contributed by atoms with van der Waals surface area (Å²) in [5.74, 6) is 0.716. The second-order valence-electron chi connectivity index (χ2n) is 9.03. The molecule has 0 bridgehead atoms. The van der Waals surface area contributed by atoms with Crippen LogP contribution in [0, 0.1) is 6.92 Å². The van der Waals surface area contributed by atoms with E-state index < -0.39 is 0 Å². The zero-order valence-electron chi connectivity index (χ0n) is 20.6. The van der Waals surface area contributed by atoms with Crippen LogP contribution in [0.3, 0.4) is 0 Å². The van der Waals surface area contributed by atoms with E-state index in [1.807, 2.05) is 26.0 Å². The highest BCUT2D eigenvalue weighted by atomic mass is 16.5. The van der Waals surface area contributed by atoms with Crippen LogP contribution >= 0.6 is 0 Å². The Kier molecular flexibility index (Phi) is 5.92. The molecule has 36 heavy (non-hydrogen) atoms. The Morgan fingerprint density at radius 1 is 1.25 bits per heavy atom. The number of aromatic nitrogens is 5. The number of aryl methyl sites for hydroxylation is 1. The van der Waals surface area contributed by atoms with Gasteiger partial charge in [0, 0.05) is 32.1 Å². The van der Waals surface area contributed by atoms with E-state index in [0.717, 1.165) is 18.5 Å². The highest BCUT2D eigenvalue weighted by Crippen LogP contribution is 2.35. The maximum atomic E-state index is 13.2. The number of methoxy groups -OCH3 is 1. The van der Waals surface area contributed by atoms with Gasteiger partial charge < -0.3 is 20.7 Å². The largest absolute Gasteiger partial charge is 0.376 e. The van der Waals surface area contributed by atoms with Crippen molar-refractivity contribution >= 4 is 28.9 Å². The van der Waals surface area contributed by atoms with E-state index in [-0.39, 0.29) is 23.1 Å². The molecule has 0 saturated heterocycles. The molecule has 1 fully saturated rings. The van der Waals surface area contributed by atoms with Gasteiger partial charge in [0.25, 0.3) is 11.5 Å². The molecule has 0 spiro atoms. The minimum absolute atomic E-state index is 0.0888. The van der Waals surface area contributed by atoms with Gasteiger partial charge in [-0.05, 0) is 51.0 Å². The zero-order valence-corrected chi connectivity index (χ0v) is 20.6. The van der Waals surface area contributed by atoms with Crippen molar-refractivity contribution in [1.29, 1.82) is 0 Å². The number of carbonyl (C=O) groups excluding carboxylic acids is 1. The number of nitrogens with one attached hydrogen (secondary N) is 3. The number of carbonyl (C=O) groups is 1. The van der Waals surface area contributed by atoms with Gasteiger partial charge in [0.15, 0.2) is 5.65 Å². The molecule has 1 aliphatic carbocycles. The molecule has 186 valence electrons. The van der Waals surface area contributed by atoms with E-state index in [1.165, 1.54) is 10.8 Å². The van der Waals surface area contributed by atoms with Crippen LogP contribution in [-0.2, 0) is 4.74 Å². The first-order chi connectivity index (χ1) is 17.3. The summed E-state index contributed by atoms with van der Waals surface area (Å²) in [6, 6.07) is 8.77. The van der Waals surface area contributed by atoms with Crippen molar-refractivity contribution in [3.8, 4) is 5.69 Å². The zero-order chi connectivity index (χ0) is 25.4. The molecule has 1 aliphatic rings. The lowest BCUT2D eigenvalue weighted by Crippen LogP contribution is -2.59. The standard InChI is InChI=1S/C25H28N8O3/c1-15-7-8-16(13-27-15)32-11-5-6-18(24(32)35)29-20-12-21(26-3)33-22(31-20)17(14-28-33)23(34)30-19-9-10-25(19,2)36-4/h5-8,11-14,19,26H,9-10H2,1-4H3,(H,29,31)(H,30,34)/t19?,25-/m0/s1. The molecular weight excluding hydrogens is 460 g/mol. The summed E-state index contributed by atoms with van der Waals surface area (Å²) in [5, 5.41) is 13.6. The van der Waals surface area contributed by atoms with Crippen molar-refractivity contribution in [2.75, 3.05) is 24.8 Å². The van der Waals surface area contributed by atoms with Crippen molar-refractivity contribution in [1.82, 2.24) is 29.5 Å². The maximum Gasteiger partial charge on any atom is 0.278 e. The Bertz CT molecular complexity index is 1490. The summed E-state index contributed by atoms with van der Waals surface area (Å²) < 4.78 is 8.63. The molecule has 1 amide bonds. The highest BCUT2D eigenvalue weighted by Gasteiger charge is 2.44. The average molecular weight is 489 g/mol. The van der Waals surface area contributed by atoms with E-state index in [9.17, 15) is 9.59 Å². The molecule has 11 nitrogen and oxygen atoms in total. The van der Waals surface area contributed by atoms with Crippen LogP contribution in [-0.4, -0.2) is 55.9 Å². The minimum Gasteiger partial charge on any atom is -0.376 e. The van der Waals surface area contributed by atoms with E-state index in [0.29, 0.717) is 34.2 Å². The van der Waals surface area contributed by atoms with Crippen molar-refractivity contribution < 1.29 is 9.53 Å². The molecule has 1 saturated carbocycles. The van der Waals surface area contributed by atoms with Crippen LogP contribution in [0.5, 0.6) is 0 Å².